The van der Waals surface area contributed by atoms with Gasteiger partial charge in [0, 0.05) is 11.8 Å². The van der Waals surface area contributed by atoms with Crippen molar-refractivity contribution in [2.45, 2.75) is 6.61 Å². The maximum atomic E-state index is 13.4. The van der Waals surface area contributed by atoms with Crippen molar-refractivity contribution in [3.8, 4) is 5.75 Å². The van der Waals surface area contributed by atoms with Crippen LogP contribution in [0.2, 0.25) is 5.02 Å². The maximum Gasteiger partial charge on any atom is 0.174 e. The zero-order valence-electron chi connectivity index (χ0n) is 8.86. The summed E-state index contributed by atoms with van der Waals surface area (Å²) in [7, 11) is 0. The van der Waals surface area contributed by atoms with Gasteiger partial charge in [-0.3, -0.25) is 0 Å². The highest BCUT2D eigenvalue weighted by atomic mass is 35.5. The molecule has 1 aromatic carbocycles. The predicted octanol–water partition coefficient (Wildman–Crippen LogP) is 3.04. The smallest absolute Gasteiger partial charge is 0.174 e. The van der Waals surface area contributed by atoms with Crippen LogP contribution >= 0.6 is 11.6 Å². The molecule has 0 unspecified atom stereocenters. The number of nitrogens with two attached hydrogens (primary N) is 1. The Morgan fingerprint density at radius 2 is 2.12 bits per heavy atom. The summed E-state index contributed by atoms with van der Waals surface area (Å²) in [6.45, 7) is 0.125. The van der Waals surface area contributed by atoms with Gasteiger partial charge in [0.25, 0.3) is 0 Å². The fourth-order valence-electron chi connectivity index (χ4n) is 1.34. The van der Waals surface area contributed by atoms with Crippen LogP contribution in [-0.2, 0) is 6.61 Å². The van der Waals surface area contributed by atoms with Gasteiger partial charge in [-0.15, -0.1) is 0 Å². The van der Waals surface area contributed by atoms with Crippen molar-refractivity contribution >= 4 is 17.4 Å². The van der Waals surface area contributed by atoms with Crippen molar-refractivity contribution in [3.05, 3.63) is 52.9 Å². The van der Waals surface area contributed by atoms with E-state index in [9.17, 15) is 4.39 Å². The second-order valence-corrected chi connectivity index (χ2v) is 3.79. The number of nitrogens with zero attached hydrogens (tertiary/aromatic N) is 1. The molecule has 17 heavy (non-hydrogen) atoms. The minimum atomic E-state index is -0.500. The van der Waals surface area contributed by atoms with E-state index < -0.39 is 5.82 Å². The summed E-state index contributed by atoms with van der Waals surface area (Å²) in [5.41, 5.74) is 6.33. The lowest BCUT2D eigenvalue weighted by Crippen LogP contribution is -2.03. The second-order valence-electron chi connectivity index (χ2n) is 3.39. The molecule has 0 fully saturated rings. The number of benzene rings is 1. The third kappa shape index (κ3) is 2.65. The molecule has 1 heterocycles. The van der Waals surface area contributed by atoms with Crippen LogP contribution in [0.15, 0.2) is 36.5 Å². The van der Waals surface area contributed by atoms with Gasteiger partial charge in [0.15, 0.2) is 11.6 Å². The molecule has 0 bridgehead atoms. The minimum Gasteiger partial charge on any atom is -0.484 e. The molecule has 3 nitrogen and oxygen atoms in total. The summed E-state index contributed by atoms with van der Waals surface area (Å²) in [6.07, 6.45) is 1.58. The van der Waals surface area contributed by atoms with E-state index in [4.69, 9.17) is 22.1 Å². The van der Waals surface area contributed by atoms with Gasteiger partial charge < -0.3 is 10.5 Å². The van der Waals surface area contributed by atoms with E-state index in [1.54, 1.807) is 24.4 Å². The van der Waals surface area contributed by atoms with Crippen LogP contribution in [0, 0.1) is 5.82 Å². The normalized spacial score (nSPS) is 10.2. The quantitative estimate of drug-likeness (QED) is 0.913. The Balaban J connectivity index is 2.16. The van der Waals surface area contributed by atoms with E-state index in [2.05, 4.69) is 4.98 Å². The zero-order chi connectivity index (χ0) is 12.3. The number of rotatable bonds is 3. The third-order valence-corrected chi connectivity index (χ3v) is 2.51. The van der Waals surface area contributed by atoms with Gasteiger partial charge in [-0.1, -0.05) is 23.7 Å². The molecule has 0 aliphatic carbocycles. The van der Waals surface area contributed by atoms with Crippen LogP contribution in [0.1, 0.15) is 5.56 Å². The molecule has 0 radical (unpaired) electrons. The number of nitrogen functional groups attached to an aromatic ring is 1. The molecule has 0 aliphatic heterocycles. The molecule has 5 heteroatoms. The minimum absolute atomic E-state index is 0.0254. The fraction of sp³-hybridized carbons (Fsp3) is 0.0833. The molecule has 0 saturated carbocycles. The van der Waals surface area contributed by atoms with Crippen LogP contribution in [0.3, 0.4) is 0 Å². The number of aromatic nitrogens is 1. The monoisotopic (exact) mass is 252 g/mol. The summed E-state index contributed by atoms with van der Waals surface area (Å²) in [6, 6.07) is 7.86. The molecule has 0 atom stereocenters. The maximum absolute atomic E-state index is 13.4. The number of halogens is 2. The molecule has 2 rings (SSSR count). The lowest BCUT2D eigenvalue weighted by Gasteiger charge is -2.09. The van der Waals surface area contributed by atoms with Crippen LogP contribution < -0.4 is 10.5 Å². The average molecular weight is 253 g/mol. The van der Waals surface area contributed by atoms with Gasteiger partial charge in [-0.05, 0) is 18.2 Å². The Bertz CT molecular complexity index is 513. The summed E-state index contributed by atoms with van der Waals surface area (Å²) in [5.74, 6) is -0.114. The van der Waals surface area contributed by atoms with E-state index in [0.29, 0.717) is 11.4 Å². The lowest BCUT2D eigenvalue weighted by molar-refractivity contribution is 0.291. The number of anilines is 1. The van der Waals surface area contributed by atoms with Crippen molar-refractivity contribution in [1.29, 1.82) is 0 Å². The van der Waals surface area contributed by atoms with Gasteiger partial charge in [0.2, 0.25) is 0 Å². The summed E-state index contributed by atoms with van der Waals surface area (Å²) >= 11 is 5.82. The summed E-state index contributed by atoms with van der Waals surface area (Å²) in [5, 5.41) is 0.229. The van der Waals surface area contributed by atoms with E-state index in [1.165, 1.54) is 12.1 Å². The Hall–Kier alpha value is -1.81. The first kappa shape index (κ1) is 11.7. The van der Waals surface area contributed by atoms with Crippen LogP contribution in [-0.4, -0.2) is 4.98 Å². The number of pyridine rings is 1. The van der Waals surface area contributed by atoms with E-state index in [-0.39, 0.29) is 17.4 Å². The van der Waals surface area contributed by atoms with Crippen molar-refractivity contribution < 1.29 is 9.13 Å². The molecule has 1 aromatic heterocycles. The highest BCUT2D eigenvalue weighted by Crippen LogP contribution is 2.28. The average Bonchev–Trinajstić information content (AvgIpc) is 2.30. The largest absolute Gasteiger partial charge is 0.484 e. The molecule has 0 amide bonds. The first-order chi connectivity index (χ1) is 8.18. The molecular weight excluding hydrogens is 243 g/mol. The first-order valence-corrected chi connectivity index (χ1v) is 5.32. The highest BCUT2D eigenvalue weighted by molar-refractivity contribution is 6.32. The molecule has 88 valence electrons. The number of para-hydroxylation sites is 1. The van der Waals surface area contributed by atoms with Crippen molar-refractivity contribution in [1.82, 2.24) is 4.98 Å². The Morgan fingerprint density at radius 1 is 1.29 bits per heavy atom. The van der Waals surface area contributed by atoms with Crippen molar-refractivity contribution in [2.24, 2.45) is 0 Å². The van der Waals surface area contributed by atoms with E-state index in [0.717, 1.165) is 0 Å². The SMILES string of the molecule is Nc1ncccc1COc1c(F)cccc1Cl. The third-order valence-electron chi connectivity index (χ3n) is 2.22. The topological polar surface area (TPSA) is 48.1 Å². The fourth-order valence-corrected chi connectivity index (χ4v) is 1.56. The Kier molecular flexibility index (Phi) is 3.44. The molecule has 2 aromatic rings. The number of hydrogen-bond donors (Lipinski definition) is 1. The predicted molar refractivity (Wildman–Crippen MR) is 64.4 cm³/mol. The van der Waals surface area contributed by atoms with Crippen molar-refractivity contribution in [2.75, 3.05) is 5.73 Å². The van der Waals surface area contributed by atoms with E-state index >= 15 is 0 Å². The van der Waals surface area contributed by atoms with Crippen molar-refractivity contribution in [3.63, 3.8) is 0 Å². The zero-order valence-corrected chi connectivity index (χ0v) is 9.62. The lowest BCUT2D eigenvalue weighted by atomic mass is 10.2. The van der Waals surface area contributed by atoms with Gasteiger partial charge in [-0.25, -0.2) is 9.37 Å². The number of ether oxygens (including phenoxy) is 1. The molecule has 0 spiro atoms. The molecule has 0 aliphatic rings. The van der Waals surface area contributed by atoms with Crippen LogP contribution in [0.4, 0.5) is 10.2 Å². The van der Waals surface area contributed by atoms with Gasteiger partial charge in [0.1, 0.15) is 12.4 Å². The highest BCUT2D eigenvalue weighted by Gasteiger charge is 2.09. The number of hydrogen-bond acceptors (Lipinski definition) is 3. The standard InChI is InChI=1S/C12H10ClFN2O/c13-9-4-1-5-10(14)11(9)17-7-8-3-2-6-16-12(8)15/h1-6H,7H2,(H2,15,16). The Morgan fingerprint density at radius 3 is 2.82 bits per heavy atom. The molecule has 2 N–H and O–H groups in total. The van der Waals surface area contributed by atoms with Crippen LogP contribution in [0.5, 0.6) is 5.75 Å². The Labute approximate surface area is 103 Å². The molecular formula is C12H10ClFN2O. The second kappa shape index (κ2) is 5.01. The van der Waals surface area contributed by atoms with Gasteiger partial charge in [-0.2, -0.15) is 0 Å². The first-order valence-electron chi connectivity index (χ1n) is 4.94. The summed E-state index contributed by atoms with van der Waals surface area (Å²) < 4.78 is 18.7. The molecule has 0 saturated heterocycles. The van der Waals surface area contributed by atoms with Gasteiger partial charge in [0.05, 0.1) is 5.02 Å². The van der Waals surface area contributed by atoms with Crippen LogP contribution in [0.25, 0.3) is 0 Å². The summed E-state index contributed by atoms with van der Waals surface area (Å²) in [4.78, 5) is 3.91. The van der Waals surface area contributed by atoms with E-state index in [1.807, 2.05) is 0 Å². The van der Waals surface area contributed by atoms with Gasteiger partial charge >= 0.3 is 0 Å².